The Hall–Kier alpha value is -1.62. The van der Waals surface area contributed by atoms with Crippen LogP contribution in [0.15, 0.2) is 18.2 Å². The van der Waals surface area contributed by atoms with Gasteiger partial charge in [-0.05, 0) is 31.0 Å². The van der Waals surface area contributed by atoms with Crippen LogP contribution < -0.4 is 11.1 Å². The fourth-order valence-corrected chi connectivity index (χ4v) is 2.55. The van der Waals surface area contributed by atoms with Gasteiger partial charge < -0.3 is 16.2 Å². The number of nitrogens with two attached hydrogens (primary N) is 1. The molecule has 1 amide bonds. The maximum Gasteiger partial charge on any atom is 0.251 e. The highest BCUT2D eigenvalue weighted by atomic mass is 19.1. The maximum atomic E-state index is 13.0. The number of amides is 1. The van der Waals surface area contributed by atoms with E-state index in [1.54, 1.807) is 0 Å². The van der Waals surface area contributed by atoms with Gasteiger partial charge >= 0.3 is 0 Å². The molecule has 2 rings (SSSR count). The molecule has 1 aromatic rings. The molecule has 0 saturated heterocycles. The summed E-state index contributed by atoms with van der Waals surface area (Å²) in [5.41, 5.74) is 5.77. The number of hydrogen-bond donors (Lipinski definition) is 3. The zero-order valence-electron chi connectivity index (χ0n) is 10.7. The molecule has 1 aliphatic carbocycles. The van der Waals surface area contributed by atoms with E-state index >= 15 is 0 Å². The zero-order chi connectivity index (χ0) is 13.8. The van der Waals surface area contributed by atoms with Gasteiger partial charge in [0, 0.05) is 24.1 Å². The highest BCUT2D eigenvalue weighted by Crippen LogP contribution is 2.24. The fourth-order valence-electron chi connectivity index (χ4n) is 2.55. The predicted molar refractivity (Wildman–Crippen MR) is 71.1 cm³/mol. The molecular weight excluding hydrogens is 247 g/mol. The second kappa shape index (κ2) is 6.02. The topological polar surface area (TPSA) is 75.4 Å². The van der Waals surface area contributed by atoms with E-state index in [4.69, 9.17) is 5.73 Å². The molecule has 0 aliphatic heterocycles. The smallest absolute Gasteiger partial charge is 0.251 e. The Kier molecular flexibility index (Phi) is 4.37. The van der Waals surface area contributed by atoms with Crippen molar-refractivity contribution in [2.45, 2.75) is 31.7 Å². The van der Waals surface area contributed by atoms with Crippen LogP contribution >= 0.6 is 0 Å². The van der Waals surface area contributed by atoms with E-state index in [1.807, 2.05) is 0 Å². The number of halogens is 1. The summed E-state index contributed by atoms with van der Waals surface area (Å²) in [7, 11) is 0. The summed E-state index contributed by atoms with van der Waals surface area (Å²) in [6.07, 6.45) is 3.93. The average molecular weight is 266 g/mol. The quantitative estimate of drug-likeness (QED) is 0.729. The van der Waals surface area contributed by atoms with Crippen LogP contribution in [0.25, 0.3) is 0 Å². The van der Waals surface area contributed by atoms with Gasteiger partial charge in [0.15, 0.2) is 0 Å². The second-order valence-corrected chi connectivity index (χ2v) is 5.04. The van der Waals surface area contributed by atoms with E-state index in [-0.39, 0.29) is 30.2 Å². The Labute approximate surface area is 111 Å². The zero-order valence-corrected chi connectivity index (χ0v) is 10.7. The highest BCUT2D eigenvalue weighted by molar-refractivity contribution is 5.95. The van der Waals surface area contributed by atoms with Gasteiger partial charge in [-0.1, -0.05) is 12.8 Å². The fraction of sp³-hybridized carbons (Fsp3) is 0.500. The van der Waals surface area contributed by atoms with Crippen molar-refractivity contribution in [2.75, 3.05) is 12.3 Å². The lowest BCUT2D eigenvalue weighted by atomic mass is 9.85. The van der Waals surface area contributed by atoms with Gasteiger partial charge in [0.25, 0.3) is 5.91 Å². The largest absolute Gasteiger partial charge is 0.396 e. The van der Waals surface area contributed by atoms with Crippen LogP contribution in [0.1, 0.15) is 36.0 Å². The first kappa shape index (κ1) is 13.8. The Morgan fingerprint density at radius 3 is 2.84 bits per heavy atom. The van der Waals surface area contributed by atoms with Crippen molar-refractivity contribution < 1.29 is 14.3 Å². The van der Waals surface area contributed by atoms with Gasteiger partial charge in [-0.15, -0.1) is 0 Å². The summed E-state index contributed by atoms with van der Waals surface area (Å²) < 4.78 is 13.0. The lowest BCUT2D eigenvalue weighted by molar-refractivity contribution is 0.0872. The van der Waals surface area contributed by atoms with Crippen molar-refractivity contribution in [2.24, 2.45) is 5.92 Å². The van der Waals surface area contributed by atoms with Crippen molar-refractivity contribution in [3.63, 3.8) is 0 Å². The molecule has 1 fully saturated rings. The molecule has 1 aliphatic rings. The van der Waals surface area contributed by atoms with Gasteiger partial charge in [-0.25, -0.2) is 4.39 Å². The minimum Gasteiger partial charge on any atom is -0.396 e. The van der Waals surface area contributed by atoms with Crippen LogP contribution in [0, 0.1) is 11.7 Å². The van der Waals surface area contributed by atoms with Crippen LogP contribution in [-0.2, 0) is 0 Å². The van der Waals surface area contributed by atoms with E-state index in [1.165, 1.54) is 18.2 Å². The van der Waals surface area contributed by atoms with Crippen LogP contribution in [0.3, 0.4) is 0 Å². The Bertz CT molecular complexity index is 465. The third-order valence-electron chi connectivity index (χ3n) is 3.72. The van der Waals surface area contributed by atoms with Crippen molar-refractivity contribution in [1.29, 1.82) is 0 Å². The molecule has 0 aromatic heterocycles. The average Bonchev–Trinajstić information content (AvgIpc) is 2.42. The van der Waals surface area contributed by atoms with Crippen LogP contribution in [-0.4, -0.2) is 23.7 Å². The molecule has 2 atom stereocenters. The van der Waals surface area contributed by atoms with E-state index in [2.05, 4.69) is 5.32 Å². The molecule has 0 heterocycles. The molecule has 1 saturated carbocycles. The van der Waals surface area contributed by atoms with Crippen molar-refractivity contribution in [3.8, 4) is 0 Å². The number of nitrogens with one attached hydrogen (secondary N) is 1. The summed E-state index contributed by atoms with van der Waals surface area (Å²) >= 11 is 0. The molecule has 0 bridgehead atoms. The predicted octanol–water partition coefficient (Wildman–Crippen LogP) is 1.69. The monoisotopic (exact) mass is 266 g/mol. The first-order valence-corrected chi connectivity index (χ1v) is 6.58. The molecule has 0 radical (unpaired) electrons. The standard InChI is InChI=1S/C14H19FN2O2/c15-11-6-5-9(7-12(11)16)14(19)17-13-4-2-1-3-10(13)8-18/h5-7,10,13,18H,1-4,8,16H2,(H,17,19). The summed E-state index contributed by atoms with van der Waals surface area (Å²) in [6.45, 7) is 0.0799. The third kappa shape index (κ3) is 3.23. The number of benzene rings is 1. The molecule has 4 N–H and O–H groups in total. The van der Waals surface area contributed by atoms with E-state index in [0.29, 0.717) is 5.56 Å². The Morgan fingerprint density at radius 1 is 1.42 bits per heavy atom. The number of rotatable bonds is 3. The number of carbonyl (C=O) groups excluding carboxylic acids is 1. The molecule has 2 unspecified atom stereocenters. The summed E-state index contributed by atoms with van der Waals surface area (Å²) in [5, 5.41) is 12.2. The first-order valence-electron chi connectivity index (χ1n) is 6.58. The van der Waals surface area contributed by atoms with Gasteiger partial charge in [0.1, 0.15) is 5.82 Å². The van der Waals surface area contributed by atoms with Crippen molar-refractivity contribution in [1.82, 2.24) is 5.32 Å². The van der Waals surface area contributed by atoms with Crippen molar-refractivity contribution >= 4 is 11.6 Å². The number of carbonyl (C=O) groups is 1. The molecule has 5 heteroatoms. The number of hydrogen-bond acceptors (Lipinski definition) is 3. The van der Waals surface area contributed by atoms with E-state index in [9.17, 15) is 14.3 Å². The first-order chi connectivity index (χ1) is 9.11. The van der Waals surface area contributed by atoms with Gasteiger partial charge in [0.05, 0.1) is 5.69 Å². The van der Waals surface area contributed by atoms with Crippen LogP contribution in [0.2, 0.25) is 0 Å². The lowest BCUT2D eigenvalue weighted by Gasteiger charge is -2.30. The molecule has 4 nitrogen and oxygen atoms in total. The Morgan fingerprint density at radius 2 is 2.16 bits per heavy atom. The maximum absolute atomic E-state index is 13.0. The van der Waals surface area contributed by atoms with Gasteiger partial charge in [0.2, 0.25) is 0 Å². The van der Waals surface area contributed by atoms with Crippen LogP contribution in [0.5, 0.6) is 0 Å². The lowest BCUT2D eigenvalue weighted by Crippen LogP contribution is -2.43. The highest BCUT2D eigenvalue weighted by Gasteiger charge is 2.26. The molecule has 1 aromatic carbocycles. The van der Waals surface area contributed by atoms with Crippen molar-refractivity contribution in [3.05, 3.63) is 29.6 Å². The minimum absolute atomic E-state index is 0.0162. The third-order valence-corrected chi connectivity index (χ3v) is 3.72. The second-order valence-electron chi connectivity index (χ2n) is 5.04. The van der Waals surface area contributed by atoms with E-state index in [0.717, 1.165) is 25.7 Å². The minimum atomic E-state index is -0.526. The molecule has 104 valence electrons. The Balaban J connectivity index is 2.05. The number of nitrogen functional groups attached to an aromatic ring is 1. The molecule has 19 heavy (non-hydrogen) atoms. The van der Waals surface area contributed by atoms with Gasteiger partial charge in [-0.2, -0.15) is 0 Å². The molecule has 0 spiro atoms. The SMILES string of the molecule is Nc1cc(C(=O)NC2CCCCC2CO)ccc1F. The van der Waals surface area contributed by atoms with Gasteiger partial charge in [-0.3, -0.25) is 4.79 Å². The van der Waals surface area contributed by atoms with Crippen LogP contribution in [0.4, 0.5) is 10.1 Å². The van der Waals surface area contributed by atoms with E-state index < -0.39 is 5.82 Å². The summed E-state index contributed by atoms with van der Waals surface area (Å²) in [5.74, 6) is -0.685. The summed E-state index contributed by atoms with van der Waals surface area (Å²) in [6, 6.07) is 3.92. The molecular formula is C14H19FN2O2. The number of aliphatic hydroxyl groups is 1. The number of aliphatic hydroxyl groups excluding tert-OH is 1. The number of anilines is 1. The summed E-state index contributed by atoms with van der Waals surface area (Å²) in [4.78, 5) is 12.1. The normalized spacial score (nSPS) is 23.1.